The maximum absolute atomic E-state index is 11.0. The highest BCUT2D eigenvalue weighted by Gasteiger charge is 2.26. The number of carbonyl (C=O) groups excluding carboxylic acids is 1. The van der Waals surface area contributed by atoms with Crippen molar-refractivity contribution >= 4 is 5.97 Å². The summed E-state index contributed by atoms with van der Waals surface area (Å²) in [6.07, 6.45) is 2.15. The molecular weight excluding hydrogens is 208 g/mol. The maximum Gasteiger partial charge on any atom is 0.335 e. The fraction of sp³-hybridized carbons (Fsp3) is 0.750. The maximum atomic E-state index is 11.0. The van der Waals surface area contributed by atoms with Gasteiger partial charge < -0.3 is 14.6 Å². The molecule has 0 aromatic heterocycles. The van der Waals surface area contributed by atoms with Crippen molar-refractivity contribution in [1.82, 2.24) is 0 Å². The zero-order chi connectivity index (χ0) is 12.1. The number of ether oxygens (including phenoxy) is 2. The Hall–Kier alpha value is -0.870. The van der Waals surface area contributed by atoms with Crippen LogP contribution in [0, 0.1) is 5.92 Å². The topological polar surface area (TPSA) is 55.8 Å². The molecule has 1 fully saturated rings. The Morgan fingerprint density at radius 1 is 1.50 bits per heavy atom. The van der Waals surface area contributed by atoms with Crippen molar-refractivity contribution in [3.05, 3.63) is 12.2 Å². The molecule has 0 aliphatic heterocycles. The molecular formula is C12H20O4. The van der Waals surface area contributed by atoms with E-state index in [4.69, 9.17) is 9.47 Å². The van der Waals surface area contributed by atoms with Gasteiger partial charge in [-0.15, -0.1) is 0 Å². The van der Waals surface area contributed by atoms with Crippen LogP contribution in [0.1, 0.15) is 33.1 Å². The summed E-state index contributed by atoms with van der Waals surface area (Å²) in [6.45, 7) is 7.04. The molecule has 0 heterocycles. The molecule has 0 amide bonds. The van der Waals surface area contributed by atoms with E-state index in [1.165, 1.54) is 0 Å². The number of aliphatic hydroxyl groups is 1. The molecule has 0 saturated heterocycles. The molecule has 0 aromatic carbocycles. The van der Waals surface area contributed by atoms with Crippen LogP contribution in [0.3, 0.4) is 0 Å². The lowest BCUT2D eigenvalue weighted by molar-refractivity contribution is -0.160. The van der Waals surface area contributed by atoms with Crippen LogP contribution in [0.15, 0.2) is 12.2 Å². The van der Waals surface area contributed by atoms with Gasteiger partial charge in [-0.1, -0.05) is 13.5 Å². The van der Waals surface area contributed by atoms with Gasteiger partial charge in [-0.3, -0.25) is 0 Å². The summed E-state index contributed by atoms with van der Waals surface area (Å²) in [7, 11) is 0. The average molecular weight is 228 g/mol. The number of rotatable bonds is 4. The number of hydrogen-bond acceptors (Lipinski definition) is 4. The standard InChI is InChI=1S/C12H20O4/c1-8(2)12(14)16-7-15-10-5-4-9(3)11(13)6-10/h9-11,13H,1,4-7H2,2-3H3. The van der Waals surface area contributed by atoms with Gasteiger partial charge in [0.05, 0.1) is 12.2 Å². The van der Waals surface area contributed by atoms with E-state index < -0.39 is 5.97 Å². The Kier molecular flexibility index (Phi) is 4.96. The van der Waals surface area contributed by atoms with Crippen molar-refractivity contribution < 1.29 is 19.4 Å². The van der Waals surface area contributed by atoms with E-state index in [2.05, 4.69) is 6.58 Å². The zero-order valence-corrected chi connectivity index (χ0v) is 9.94. The van der Waals surface area contributed by atoms with Crippen molar-refractivity contribution in [3.8, 4) is 0 Å². The first-order valence-corrected chi connectivity index (χ1v) is 5.63. The lowest BCUT2D eigenvalue weighted by Crippen LogP contribution is -2.32. The highest BCUT2D eigenvalue weighted by molar-refractivity contribution is 5.86. The van der Waals surface area contributed by atoms with Gasteiger partial charge in [0.15, 0.2) is 6.79 Å². The van der Waals surface area contributed by atoms with Crippen LogP contribution >= 0.6 is 0 Å². The summed E-state index contributed by atoms with van der Waals surface area (Å²) in [5, 5.41) is 9.64. The lowest BCUT2D eigenvalue weighted by atomic mass is 9.86. The predicted molar refractivity (Wildman–Crippen MR) is 59.7 cm³/mol. The number of carbonyl (C=O) groups is 1. The van der Waals surface area contributed by atoms with Gasteiger partial charge in [0.2, 0.25) is 0 Å². The van der Waals surface area contributed by atoms with Gasteiger partial charge in [-0.05, 0) is 32.1 Å². The Morgan fingerprint density at radius 3 is 2.75 bits per heavy atom. The fourth-order valence-electron chi connectivity index (χ4n) is 1.72. The molecule has 1 rings (SSSR count). The summed E-state index contributed by atoms with van der Waals surface area (Å²) in [6, 6.07) is 0. The van der Waals surface area contributed by atoms with E-state index in [1.54, 1.807) is 6.92 Å². The first kappa shape index (κ1) is 13.2. The third-order valence-corrected chi connectivity index (χ3v) is 2.95. The lowest BCUT2D eigenvalue weighted by Gasteiger charge is -2.30. The molecule has 4 heteroatoms. The molecule has 0 spiro atoms. The highest BCUT2D eigenvalue weighted by atomic mass is 16.7. The quantitative estimate of drug-likeness (QED) is 0.451. The van der Waals surface area contributed by atoms with Crippen LogP contribution in [-0.4, -0.2) is 30.1 Å². The molecule has 0 bridgehead atoms. The molecule has 3 atom stereocenters. The van der Waals surface area contributed by atoms with Crippen LogP contribution in [0.25, 0.3) is 0 Å². The second-order valence-corrected chi connectivity index (χ2v) is 4.48. The van der Waals surface area contributed by atoms with Crippen LogP contribution in [-0.2, 0) is 14.3 Å². The number of hydrogen-bond donors (Lipinski definition) is 1. The minimum absolute atomic E-state index is 0.0101. The van der Waals surface area contributed by atoms with Crippen molar-refractivity contribution in [2.75, 3.05) is 6.79 Å². The van der Waals surface area contributed by atoms with Crippen molar-refractivity contribution in [2.45, 2.75) is 45.3 Å². The predicted octanol–water partition coefficient (Wildman–Crippen LogP) is 1.63. The molecule has 1 N–H and O–H groups in total. The van der Waals surface area contributed by atoms with E-state index in [0.717, 1.165) is 12.8 Å². The largest absolute Gasteiger partial charge is 0.435 e. The SMILES string of the molecule is C=C(C)C(=O)OCOC1CCC(C)C(O)C1. The van der Waals surface area contributed by atoms with Crippen LogP contribution in [0.2, 0.25) is 0 Å². The van der Waals surface area contributed by atoms with E-state index in [0.29, 0.717) is 17.9 Å². The van der Waals surface area contributed by atoms with Crippen LogP contribution < -0.4 is 0 Å². The molecule has 4 nitrogen and oxygen atoms in total. The summed E-state index contributed by atoms with van der Waals surface area (Å²) < 4.78 is 10.2. The van der Waals surface area contributed by atoms with E-state index in [-0.39, 0.29) is 19.0 Å². The van der Waals surface area contributed by atoms with Crippen LogP contribution in [0.5, 0.6) is 0 Å². The van der Waals surface area contributed by atoms with E-state index in [1.807, 2.05) is 6.92 Å². The Morgan fingerprint density at radius 2 is 2.19 bits per heavy atom. The Labute approximate surface area is 96.2 Å². The molecule has 1 saturated carbocycles. The fourth-order valence-corrected chi connectivity index (χ4v) is 1.72. The summed E-state index contributed by atoms with van der Waals surface area (Å²) >= 11 is 0. The molecule has 16 heavy (non-hydrogen) atoms. The second kappa shape index (κ2) is 6.01. The smallest absolute Gasteiger partial charge is 0.335 e. The van der Waals surface area contributed by atoms with E-state index in [9.17, 15) is 9.90 Å². The van der Waals surface area contributed by atoms with Gasteiger partial charge in [0.1, 0.15) is 0 Å². The minimum atomic E-state index is -0.440. The highest BCUT2D eigenvalue weighted by Crippen LogP contribution is 2.26. The summed E-state index contributed by atoms with van der Waals surface area (Å²) in [5.74, 6) is -0.109. The molecule has 92 valence electrons. The average Bonchev–Trinajstić information content (AvgIpc) is 2.23. The first-order valence-electron chi connectivity index (χ1n) is 5.63. The molecule has 1 aliphatic carbocycles. The third kappa shape index (κ3) is 3.94. The minimum Gasteiger partial charge on any atom is -0.435 e. The number of aliphatic hydroxyl groups excluding tert-OH is 1. The van der Waals surface area contributed by atoms with Gasteiger partial charge in [-0.2, -0.15) is 0 Å². The van der Waals surface area contributed by atoms with Crippen molar-refractivity contribution in [2.24, 2.45) is 5.92 Å². The molecule has 1 aliphatic rings. The summed E-state index contributed by atoms with van der Waals surface area (Å²) in [4.78, 5) is 11.0. The molecule has 0 aromatic rings. The van der Waals surface area contributed by atoms with Gasteiger partial charge >= 0.3 is 5.97 Å². The van der Waals surface area contributed by atoms with Crippen molar-refractivity contribution in [3.63, 3.8) is 0 Å². The van der Waals surface area contributed by atoms with Gasteiger partial charge in [0.25, 0.3) is 0 Å². The third-order valence-electron chi connectivity index (χ3n) is 2.95. The summed E-state index contributed by atoms with van der Waals surface area (Å²) in [5.41, 5.74) is 0.362. The van der Waals surface area contributed by atoms with Crippen molar-refractivity contribution in [1.29, 1.82) is 0 Å². The second-order valence-electron chi connectivity index (χ2n) is 4.48. The normalized spacial score (nSPS) is 29.8. The Balaban J connectivity index is 2.19. The molecule has 0 radical (unpaired) electrons. The van der Waals surface area contributed by atoms with Gasteiger partial charge in [0, 0.05) is 5.57 Å². The zero-order valence-electron chi connectivity index (χ0n) is 9.94. The Bertz CT molecular complexity index is 262. The first-order chi connectivity index (χ1) is 7.50. The van der Waals surface area contributed by atoms with Crippen LogP contribution in [0.4, 0.5) is 0 Å². The van der Waals surface area contributed by atoms with E-state index >= 15 is 0 Å². The monoisotopic (exact) mass is 228 g/mol. The number of esters is 1. The van der Waals surface area contributed by atoms with Gasteiger partial charge in [-0.25, -0.2) is 4.79 Å². The molecule has 3 unspecified atom stereocenters.